The zero-order valence-corrected chi connectivity index (χ0v) is 15.2. The van der Waals surface area contributed by atoms with Gasteiger partial charge in [-0.15, -0.1) is 0 Å². The topological polar surface area (TPSA) is 54.4 Å². The third kappa shape index (κ3) is 3.05. The Morgan fingerprint density at radius 1 is 1.21 bits per heavy atom. The summed E-state index contributed by atoms with van der Waals surface area (Å²) >= 11 is 3.61. The highest BCUT2D eigenvalue weighted by molar-refractivity contribution is 9.10. The molecule has 2 aromatic rings. The molecule has 2 aromatic heterocycles. The molecule has 126 valence electrons. The predicted octanol–water partition coefficient (Wildman–Crippen LogP) is 2.89. The standard InChI is InChI=1S/C17H20BrN5O/c1-24-16-9-15(20-11-21-16)23(12-4-5-12)13-6-8-22(10-13)17-14(18)3-2-7-19-17/h2-3,7,9,11-13H,4-6,8,10H2,1H3. The monoisotopic (exact) mass is 389 g/mol. The van der Waals surface area contributed by atoms with Gasteiger partial charge in [0.2, 0.25) is 5.88 Å². The van der Waals surface area contributed by atoms with Crippen molar-refractivity contribution in [1.29, 1.82) is 0 Å². The fourth-order valence-corrected chi connectivity index (χ4v) is 3.88. The van der Waals surface area contributed by atoms with Crippen molar-refractivity contribution < 1.29 is 4.74 Å². The van der Waals surface area contributed by atoms with Gasteiger partial charge < -0.3 is 14.5 Å². The fraction of sp³-hybridized carbons (Fsp3) is 0.471. The lowest BCUT2D eigenvalue weighted by molar-refractivity contribution is 0.396. The Bertz CT molecular complexity index is 724. The third-order valence-corrected chi connectivity index (χ3v) is 5.26. The molecule has 0 spiro atoms. The van der Waals surface area contributed by atoms with Crippen molar-refractivity contribution >= 4 is 27.6 Å². The van der Waals surface area contributed by atoms with Crippen molar-refractivity contribution in [3.05, 3.63) is 35.2 Å². The van der Waals surface area contributed by atoms with Crippen molar-refractivity contribution in [2.75, 3.05) is 30.0 Å². The second kappa shape index (κ2) is 6.55. The summed E-state index contributed by atoms with van der Waals surface area (Å²) in [5.41, 5.74) is 0. The maximum absolute atomic E-state index is 5.27. The lowest BCUT2D eigenvalue weighted by Gasteiger charge is -2.30. The molecular weight excluding hydrogens is 370 g/mol. The van der Waals surface area contributed by atoms with Crippen LogP contribution in [0.25, 0.3) is 0 Å². The van der Waals surface area contributed by atoms with Crippen molar-refractivity contribution in [3.63, 3.8) is 0 Å². The molecule has 2 fully saturated rings. The number of halogens is 1. The summed E-state index contributed by atoms with van der Waals surface area (Å²) in [6.45, 7) is 1.96. The minimum atomic E-state index is 0.436. The van der Waals surface area contributed by atoms with Gasteiger partial charge in [-0.1, -0.05) is 0 Å². The van der Waals surface area contributed by atoms with Crippen molar-refractivity contribution in [3.8, 4) is 5.88 Å². The first-order valence-corrected chi connectivity index (χ1v) is 9.05. The van der Waals surface area contributed by atoms with Crippen LogP contribution in [0.3, 0.4) is 0 Å². The molecule has 0 bridgehead atoms. The lowest BCUT2D eigenvalue weighted by atomic mass is 10.2. The Balaban J connectivity index is 1.56. The fourth-order valence-electron chi connectivity index (χ4n) is 3.38. The van der Waals surface area contributed by atoms with Gasteiger partial charge in [0.1, 0.15) is 18.0 Å². The summed E-state index contributed by atoms with van der Waals surface area (Å²) < 4.78 is 6.32. The molecule has 0 radical (unpaired) electrons. The smallest absolute Gasteiger partial charge is 0.218 e. The van der Waals surface area contributed by atoms with Crippen LogP contribution in [0.15, 0.2) is 35.2 Å². The largest absolute Gasteiger partial charge is 0.481 e. The summed E-state index contributed by atoms with van der Waals surface area (Å²) in [4.78, 5) is 18.0. The van der Waals surface area contributed by atoms with Crippen molar-refractivity contribution in [1.82, 2.24) is 15.0 Å². The van der Waals surface area contributed by atoms with E-state index in [2.05, 4.69) is 40.7 Å². The average molecular weight is 390 g/mol. The first kappa shape index (κ1) is 15.6. The summed E-state index contributed by atoms with van der Waals surface area (Å²) in [5, 5.41) is 0. The molecule has 24 heavy (non-hydrogen) atoms. The number of ether oxygens (including phenoxy) is 1. The van der Waals surface area contributed by atoms with Gasteiger partial charge in [-0.05, 0) is 47.3 Å². The minimum Gasteiger partial charge on any atom is -0.481 e. The van der Waals surface area contributed by atoms with Gasteiger partial charge in [0.25, 0.3) is 0 Å². The van der Waals surface area contributed by atoms with E-state index in [9.17, 15) is 0 Å². The Hall–Kier alpha value is -1.89. The summed E-state index contributed by atoms with van der Waals surface area (Å²) in [6, 6.07) is 6.96. The van der Waals surface area contributed by atoms with E-state index in [0.717, 1.165) is 35.6 Å². The first-order chi connectivity index (χ1) is 11.8. The second-order valence-electron chi connectivity index (χ2n) is 6.25. The number of rotatable bonds is 5. The molecular formula is C17H20BrN5O. The lowest BCUT2D eigenvalue weighted by Crippen LogP contribution is -2.40. The molecule has 4 rings (SSSR count). The van der Waals surface area contributed by atoms with E-state index in [-0.39, 0.29) is 0 Å². The number of anilines is 2. The highest BCUT2D eigenvalue weighted by Gasteiger charge is 2.38. The number of hydrogen-bond donors (Lipinski definition) is 0. The van der Waals surface area contributed by atoms with Gasteiger partial charge in [0, 0.05) is 37.4 Å². The van der Waals surface area contributed by atoms with Gasteiger partial charge in [-0.3, -0.25) is 0 Å². The summed E-state index contributed by atoms with van der Waals surface area (Å²) in [6.07, 6.45) is 7.00. The Labute approximate surface area is 150 Å². The van der Waals surface area contributed by atoms with Crippen LogP contribution in [-0.4, -0.2) is 47.2 Å². The highest BCUT2D eigenvalue weighted by atomic mass is 79.9. The van der Waals surface area contributed by atoms with Crippen LogP contribution in [0.1, 0.15) is 19.3 Å². The van der Waals surface area contributed by atoms with Crippen LogP contribution in [0.4, 0.5) is 11.6 Å². The van der Waals surface area contributed by atoms with E-state index in [4.69, 9.17) is 4.74 Å². The first-order valence-electron chi connectivity index (χ1n) is 8.26. The van der Waals surface area contributed by atoms with E-state index < -0.39 is 0 Å². The van der Waals surface area contributed by atoms with Crippen LogP contribution in [-0.2, 0) is 0 Å². The zero-order valence-electron chi connectivity index (χ0n) is 13.6. The zero-order chi connectivity index (χ0) is 16.5. The van der Waals surface area contributed by atoms with E-state index in [1.54, 1.807) is 13.4 Å². The molecule has 1 saturated carbocycles. The molecule has 1 atom stereocenters. The Morgan fingerprint density at radius 3 is 2.83 bits per heavy atom. The average Bonchev–Trinajstić information content (AvgIpc) is 3.33. The van der Waals surface area contributed by atoms with Crippen LogP contribution < -0.4 is 14.5 Å². The molecule has 2 aliphatic rings. The van der Waals surface area contributed by atoms with Gasteiger partial charge in [0.05, 0.1) is 11.6 Å². The predicted molar refractivity (Wildman–Crippen MR) is 96.6 cm³/mol. The van der Waals surface area contributed by atoms with E-state index in [0.29, 0.717) is 18.0 Å². The molecule has 0 amide bonds. The van der Waals surface area contributed by atoms with E-state index in [1.165, 1.54) is 12.8 Å². The Kier molecular flexibility index (Phi) is 4.26. The minimum absolute atomic E-state index is 0.436. The van der Waals surface area contributed by atoms with Crippen LogP contribution >= 0.6 is 15.9 Å². The molecule has 6 nitrogen and oxygen atoms in total. The van der Waals surface area contributed by atoms with Crippen LogP contribution in [0, 0.1) is 0 Å². The summed E-state index contributed by atoms with van der Waals surface area (Å²) in [5.74, 6) is 2.61. The quantitative estimate of drug-likeness (QED) is 0.783. The van der Waals surface area contributed by atoms with Crippen LogP contribution in [0.2, 0.25) is 0 Å². The molecule has 3 heterocycles. The maximum atomic E-state index is 5.27. The normalized spacial score (nSPS) is 20.2. The molecule has 1 aliphatic heterocycles. The molecule has 1 aliphatic carbocycles. The molecule has 7 heteroatoms. The number of nitrogens with zero attached hydrogens (tertiary/aromatic N) is 5. The van der Waals surface area contributed by atoms with Crippen molar-refractivity contribution in [2.24, 2.45) is 0 Å². The molecule has 1 unspecified atom stereocenters. The van der Waals surface area contributed by atoms with Gasteiger partial charge >= 0.3 is 0 Å². The molecule has 0 aromatic carbocycles. The summed E-state index contributed by atoms with van der Waals surface area (Å²) in [7, 11) is 1.64. The maximum Gasteiger partial charge on any atom is 0.218 e. The van der Waals surface area contributed by atoms with E-state index in [1.807, 2.05) is 24.4 Å². The Morgan fingerprint density at radius 2 is 2.08 bits per heavy atom. The molecule has 0 N–H and O–H groups in total. The number of pyridine rings is 1. The number of aromatic nitrogens is 3. The SMILES string of the molecule is COc1cc(N(C2CC2)C2CCN(c3ncccc3Br)C2)ncn1. The van der Waals surface area contributed by atoms with Gasteiger partial charge in [-0.2, -0.15) is 0 Å². The van der Waals surface area contributed by atoms with Gasteiger partial charge in [0.15, 0.2) is 0 Å². The van der Waals surface area contributed by atoms with Crippen molar-refractivity contribution in [2.45, 2.75) is 31.3 Å². The number of methoxy groups -OCH3 is 1. The number of hydrogen-bond acceptors (Lipinski definition) is 6. The second-order valence-corrected chi connectivity index (χ2v) is 7.11. The molecule has 1 saturated heterocycles. The third-order valence-electron chi connectivity index (χ3n) is 4.64. The highest BCUT2D eigenvalue weighted by Crippen LogP contribution is 2.37. The van der Waals surface area contributed by atoms with Crippen LogP contribution in [0.5, 0.6) is 5.88 Å². The van der Waals surface area contributed by atoms with E-state index >= 15 is 0 Å². The van der Waals surface area contributed by atoms with Gasteiger partial charge in [-0.25, -0.2) is 15.0 Å².